The zero-order chi connectivity index (χ0) is 16.8. The van der Waals surface area contributed by atoms with Crippen LogP contribution in [0.3, 0.4) is 0 Å². The van der Waals surface area contributed by atoms with Crippen molar-refractivity contribution in [2.75, 3.05) is 25.7 Å². The predicted molar refractivity (Wildman–Crippen MR) is 95.3 cm³/mol. The number of halogens is 1. The van der Waals surface area contributed by atoms with E-state index in [4.69, 9.17) is 9.15 Å². The number of carbonyl (C=O) groups is 1. The van der Waals surface area contributed by atoms with Gasteiger partial charge < -0.3 is 13.9 Å². The second-order valence-corrected chi connectivity index (χ2v) is 6.43. The zero-order valence-corrected chi connectivity index (χ0v) is 15.7. The smallest absolute Gasteiger partial charge is 0.373 e. The van der Waals surface area contributed by atoms with Crippen LogP contribution in [-0.2, 0) is 15.9 Å². The summed E-state index contributed by atoms with van der Waals surface area (Å²) in [5, 5.41) is 1.11. The fourth-order valence-corrected chi connectivity index (χ4v) is 2.73. The van der Waals surface area contributed by atoms with Crippen molar-refractivity contribution >= 4 is 21.9 Å². The number of hydrogen-bond donors (Lipinski definition) is 0. The summed E-state index contributed by atoms with van der Waals surface area (Å²) in [6.45, 7) is 1.76. The van der Waals surface area contributed by atoms with E-state index in [1.54, 1.807) is 6.07 Å². The van der Waals surface area contributed by atoms with Gasteiger partial charge in [0.15, 0.2) is 0 Å². The van der Waals surface area contributed by atoms with Gasteiger partial charge in [0.1, 0.15) is 5.76 Å². The van der Waals surface area contributed by atoms with Crippen molar-refractivity contribution in [2.45, 2.75) is 57.8 Å². The van der Waals surface area contributed by atoms with Gasteiger partial charge in [-0.2, -0.15) is 0 Å². The highest BCUT2D eigenvalue weighted by Gasteiger charge is 2.10. The van der Waals surface area contributed by atoms with Crippen LogP contribution in [0.25, 0.3) is 0 Å². The number of aryl methyl sites for hydroxylation is 1. The number of alkyl halides is 1. The van der Waals surface area contributed by atoms with Gasteiger partial charge in [-0.25, -0.2) is 4.79 Å². The highest BCUT2D eigenvalue weighted by Crippen LogP contribution is 2.13. The Labute approximate surface area is 148 Å². The van der Waals surface area contributed by atoms with Crippen LogP contribution in [-0.4, -0.2) is 31.6 Å². The minimum Gasteiger partial charge on any atom is -0.463 e. The third-order valence-electron chi connectivity index (χ3n) is 3.68. The van der Waals surface area contributed by atoms with E-state index in [9.17, 15) is 4.79 Å². The van der Waals surface area contributed by atoms with Crippen LogP contribution in [0, 0.1) is 0 Å². The van der Waals surface area contributed by atoms with Crippen molar-refractivity contribution < 1.29 is 18.7 Å². The van der Waals surface area contributed by atoms with Crippen LogP contribution in [0.15, 0.2) is 16.5 Å². The topological polar surface area (TPSA) is 48.7 Å². The molecular weight excluding hydrogens is 360 g/mol. The molecule has 0 atom stereocenters. The van der Waals surface area contributed by atoms with Gasteiger partial charge in [0.2, 0.25) is 5.76 Å². The number of rotatable bonds is 14. The molecular formula is C18H29BrO4. The molecule has 0 spiro atoms. The molecule has 0 radical (unpaired) electrons. The minimum absolute atomic E-state index is 0.284. The molecule has 0 aliphatic heterocycles. The number of ether oxygens (including phenoxy) is 2. The lowest BCUT2D eigenvalue weighted by atomic mass is 10.1. The molecule has 0 saturated carbocycles. The Morgan fingerprint density at radius 2 is 1.65 bits per heavy atom. The average Bonchev–Trinajstić information content (AvgIpc) is 3.04. The van der Waals surface area contributed by atoms with Crippen molar-refractivity contribution in [1.82, 2.24) is 0 Å². The maximum Gasteiger partial charge on any atom is 0.373 e. The summed E-state index contributed by atoms with van der Waals surface area (Å²) >= 11 is 3.44. The van der Waals surface area contributed by atoms with Gasteiger partial charge in [-0.1, -0.05) is 41.6 Å². The maximum atomic E-state index is 11.3. The molecule has 4 nitrogen and oxygen atoms in total. The Morgan fingerprint density at radius 3 is 2.30 bits per heavy atom. The summed E-state index contributed by atoms with van der Waals surface area (Å²) < 4.78 is 15.7. The van der Waals surface area contributed by atoms with Gasteiger partial charge in [0, 0.05) is 25.0 Å². The number of unbranched alkanes of at least 4 members (excludes halogenated alkanes) is 6. The number of furan rings is 1. The molecule has 1 aromatic heterocycles. The number of hydrogen-bond acceptors (Lipinski definition) is 4. The van der Waals surface area contributed by atoms with Crippen LogP contribution in [0.5, 0.6) is 0 Å². The summed E-state index contributed by atoms with van der Waals surface area (Å²) in [5.41, 5.74) is 0. The van der Waals surface area contributed by atoms with Crippen molar-refractivity contribution in [1.29, 1.82) is 0 Å². The molecule has 0 bridgehead atoms. The molecule has 0 aliphatic carbocycles. The van der Waals surface area contributed by atoms with Crippen LogP contribution in [0.4, 0.5) is 0 Å². The molecule has 0 fully saturated rings. The lowest BCUT2D eigenvalue weighted by Crippen LogP contribution is -1.98. The van der Waals surface area contributed by atoms with E-state index in [0.29, 0.717) is 0 Å². The minimum atomic E-state index is -0.416. The first-order valence-electron chi connectivity index (χ1n) is 8.58. The molecule has 1 rings (SSSR count). The van der Waals surface area contributed by atoms with Crippen LogP contribution in [0.2, 0.25) is 0 Å². The molecule has 1 heterocycles. The first-order chi connectivity index (χ1) is 11.3. The summed E-state index contributed by atoms with van der Waals surface area (Å²) in [5.74, 6) is 0.720. The fraction of sp³-hybridized carbons (Fsp3) is 0.722. The standard InChI is InChI=1S/C18H29BrO4/c1-21-18(20)17-12-11-16(23-17)10-6-2-4-8-14-22-15-9-5-3-7-13-19/h11-12H,2-10,13-15H2,1H3. The number of esters is 1. The summed E-state index contributed by atoms with van der Waals surface area (Å²) in [7, 11) is 1.36. The lowest BCUT2D eigenvalue weighted by molar-refractivity contribution is 0.0563. The average molecular weight is 389 g/mol. The summed E-state index contributed by atoms with van der Waals surface area (Å²) in [6, 6.07) is 3.53. The monoisotopic (exact) mass is 388 g/mol. The Kier molecular flexibility index (Phi) is 12.0. The summed E-state index contributed by atoms with van der Waals surface area (Å²) in [4.78, 5) is 11.3. The third kappa shape index (κ3) is 9.82. The van der Waals surface area contributed by atoms with E-state index in [1.165, 1.54) is 39.2 Å². The van der Waals surface area contributed by atoms with E-state index < -0.39 is 5.97 Å². The molecule has 0 aliphatic rings. The largest absolute Gasteiger partial charge is 0.463 e. The van der Waals surface area contributed by atoms with Crippen molar-refractivity contribution in [3.05, 3.63) is 23.7 Å². The number of methoxy groups -OCH3 is 1. The molecule has 5 heteroatoms. The van der Waals surface area contributed by atoms with Crippen molar-refractivity contribution in [3.63, 3.8) is 0 Å². The van der Waals surface area contributed by atoms with Crippen LogP contribution < -0.4 is 0 Å². The Hall–Kier alpha value is -0.810. The normalized spacial score (nSPS) is 10.9. The van der Waals surface area contributed by atoms with Crippen molar-refractivity contribution in [3.8, 4) is 0 Å². The molecule has 1 aromatic rings. The molecule has 0 amide bonds. The highest BCUT2D eigenvalue weighted by molar-refractivity contribution is 9.09. The lowest BCUT2D eigenvalue weighted by Gasteiger charge is -2.04. The Bertz CT molecular complexity index is 417. The van der Waals surface area contributed by atoms with Gasteiger partial charge in [-0.15, -0.1) is 0 Å². The van der Waals surface area contributed by atoms with E-state index >= 15 is 0 Å². The predicted octanol–water partition coefficient (Wildman–Crippen LogP) is 5.14. The van der Waals surface area contributed by atoms with E-state index in [2.05, 4.69) is 20.7 Å². The van der Waals surface area contributed by atoms with Crippen LogP contribution in [0.1, 0.15) is 67.7 Å². The third-order valence-corrected chi connectivity index (χ3v) is 4.24. The van der Waals surface area contributed by atoms with Crippen LogP contribution >= 0.6 is 15.9 Å². The summed E-state index contributed by atoms with van der Waals surface area (Å²) in [6.07, 6.45) is 10.4. The van der Waals surface area contributed by atoms with Gasteiger partial charge in [0.05, 0.1) is 7.11 Å². The van der Waals surface area contributed by atoms with E-state index in [1.807, 2.05) is 6.07 Å². The van der Waals surface area contributed by atoms with Gasteiger partial charge in [0.25, 0.3) is 0 Å². The van der Waals surface area contributed by atoms with E-state index in [0.717, 1.165) is 50.0 Å². The molecule has 0 aromatic carbocycles. The molecule has 23 heavy (non-hydrogen) atoms. The molecule has 0 unspecified atom stereocenters. The Balaban J connectivity index is 1.90. The molecule has 132 valence electrons. The van der Waals surface area contributed by atoms with Gasteiger partial charge in [-0.05, 0) is 37.8 Å². The Morgan fingerprint density at radius 1 is 1.00 bits per heavy atom. The molecule has 0 N–H and O–H groups in total. The van der Waals surface area contributed by atoms with Gasteiger partial charge >= 0.3 is 5.97 Å². The SMILES string of the molecule is COC(=O)c1ccc(CCCCCCOCCCCCCBr)o1. The quantitative estimate of drug-likeness (QED) is 0.251. The first kappa shape index (κ1) is 20.2. The zero-order valence-electron chi connectivity index (χ0n) is 14.2. The maximum absolute atomic E-state index is 11.3. The van der Waals surface area contributed by atoms with E-state index in [-0.39, 0.29) is 5.76 Å². The first-order valence-corrected chi connectivity index (χ1v) is 9.71. The number of carbonyl (C=O) groups excluding carboxylic acids is 1. The fourth-order valence-electron chi connectivity index (χ4n) is 2.33. The highest BCUT2D eigenvalue weighted by atomic mass is 79.9. The second-order valence-electron chi connectivity index (χ2n) is 5.64. The molecule has 0 saturated heterocycles. The van der Waals surface area contributed by atoms with Gasteiger partial charge in [-0.3, -0.25) is 0 Å². The van der Waals surface area contributed by atoms with Crippen molar-refractivity contribution in [2.24, 2.45) is 0 Å². The second kappa shape index (κ2) is 13.6.